The van der Waals surface area contributed by atoms with E-state index < -0.39 is 12.1 Å². The average molecular weight is 675 g/mol. The van der Waals surface area contributed by atoms with Crippen LogP contribution in [0, 0.1) is 10.8 Å². The molecule has 2 aromatic heterocycles. The minimum atomic E-state index is -0.415. The molecule has 0 amide bonds. The van der Waals surface area contributed by atoms with Crippen molar-refractivity contribution in [1.82, 2.24) is 29.5 Å². The van der Waals surface area contributed by atoms with E-state index in [9.17, 15) is 9.59 Å². The van der Waals surface area contributed by atoms with E-state index in [1.54, 1.807) is 9.36 Å². The van der Waals surface area contributed by atoms with Crippen molar-refractivity contribution in [3.8, 4) is 11.5 Å². The number of unbranched alkanes of at least 4 members (excludes halogenated alkanes) is 1. The van der Waals surface area contributed by atoms with Gasteiger partial charge in [-0.3, -0.25) is 9.59 Å². The Kier molecular flexibility index (Phi) is 7.84. The van der Waals surface area contributed by atoms with Crippen molar-refractivity contribution in [2.75, 3.05) is 23.8 Å². The average Bonchev–Trinajstić information content (AvgIpc) is 3.73. The van der Waals surface area contributed by atoms with Gasteiger partial charge in [0.15, 0.2) is 11.6 Å². The maximum atomic E-state index is 13.6. The number of allylic oxidation sites excluding steroid dienone is 4. The molecule has 0 bridgehead atoms. The van der Waals surface area contributed by atoms with Gasteiger partial charge in [0.05, 0.1) is 13.2 Å². The lowest BCUT2D eigenvalue weighted by atomic mass is 9.73. The van der Waals surface area contributed by atoms with Crippen molar-refractivity contribution in [3.05, 3.63) is 94.9 Å². The lowest BCUT2D eigenvalue weighted by Crippen LogP contribution is -2.36. The molecule has 2 aliphatic carbocycles. The monoisotopic (exact) mass is 674 g/mol. The molecule has 0 saturated carbocycles. The maximum Gasteiger partial charge on any atom is 0.226 e. The number of nitrogens with one attached hydrogen (secondary N) is 2. The summed E-state index contributed by atoms with van der Waals surface area (Å²) in [6, 6.07) is 14.9. The molecule has 258 valence electrons. The molecule has 2 aliphatic heterocycles. The first-order valence-electron chi connectivity index (χ1n) is 17.4. The molecule has 4 aromatic rings. The number of Topliss-reactive ketones (excluding diaryl/α,β-unsaturated/α-hetero) is 2. The van der Waals surface area contributed by atoms with Crippen LogP contribution < -0.4 is 20.1 Å². The Hall–Kier alpha value is -5.26. The number of hydrogen-bond donors (Lipinski definition) is 2. The Morgan fingerprint density at radius 2 is 1.08 bits per heavy atom. The van der Waals surface area contributed by atoms with Crippen LogP contribution >= 0.6 is 0 Å². The number of para-hydroxylation sites is 2. The van der Waals surface area contributed by atoms with Gasteiger partial charge in [0.1, 0.15) is 36.2 Å². The van der Waals surface area contributed by atoms with Crippen LogP contribution in [0.2, 0.25) is 0 Å². The predicted molar refractivity (Wildman–Crippen MR) is 187 cm³/mol. The van der Waals surface area contributed by atoms with Crippen LogP contribution in [-0.2, 0) is 9.59 Å². The maximum absolute atomic E-state index is 13.6. The molecule has 2 aromatic carbocycles. The molecule has 4 heterocycles. The second kappa shape index (κ2) is 12.3. The standard InChI is InChI=1S/C38H42N8O4/c1-37(2)17-25-31(27(47)19-37)33(45-35(43-25)39-21-41-45)23-11-5-7-13-29(23)49-15-9-10-16-50-30-14-8-6-12-24(30)34-32-26(18-38(3,4)20-28(32)48)44-36-40-22-42-46(34)36/h5-8,11-14,21-22,33-34H,9-10,15-20H2,1-4H3,(H,39,41,43)(H,40,42,44). The van der Waals surface area contributed by atoms with Crippen LogP contribution in [0.15, 0.2) is 83.7 Å². The summed E-state index contributed by atoms with van der Waals surface area (Å²) in [6.45, 7) is 9.43. The largest absolute Gasteiger partial charge is 0.493 e. The minimum absolute atomic E-state index is 0.121. The summed E-state index contributed by atoms with van der Waals surface area (Å²) in [7, 11) is 0. The molecule has 2 unspecified atom stereocenters. The molecule has 0 spiro atoms. The van der Waals surface area contributed by atoms with Crippen molar-refractivity contribution in [1.29, 1.82) is 0 Å². The highest BCUT2D eigenvalue weighted by Crippen LogP contribution is 2.48. The number of carbonyl (C=O) groups is 2. The van der Waals surface area contributed by atoms with Gasteiger partial charge in [0.2, 0.25) is 11.9 Å². The number of fused-ring (bicyclic) bond motifs is 2. The molecule has 0 saturated heterocycles. The first-order valence-corrected chi connectivity index (χ1v) is 17.4. The number of ether oxygens (including phenoxy) is 2. The van der Waals surface area contributed by atoms with E-state index >= 15 is 0 Å². The minimum Gasteiger partial charge on any atom is -0.493 e. The number of ketones is 2. The topological polar surface area (TPSA) is 138 Å². The third kappa shape index (κ3) is 5.76. The molecule has 4 aliphatic rings. The van der Waals surface area contributed by atoms with Gasteiger partial charge in [-0.05, 0) is 48.6 Å². The summed E-state index contributed by atoms with van der Waals surface area (Å²) in [6.07, 6.45) is 7.01. The molecule has 0 fully saturated rings. The van der Waals surface area contributed by atoms with Gasteiger partial charge in [-0.15, -0.1) is 0 Å². The van der Waals surface area contributed by atoms with Crippen LogP contribution in [-0.4, -0.2) is 54.3 Å². The Morgan fingerprint density at radius 3 is 1.52 bits per heavy atom. The second-order valence-electron chi connectivity index (χ2n) is 15.3. The van der Waals surface area contributed by atoms with Crippen molar-refractivity contribution in [3.63, 3.8) is 0 Å². The highest BCUT2D eigenvalue weighted by molar-refractivity contribution is 6.01. The first kappa shape index (κ1) is 32.0. The molecular weight excluding hydrogens is 632 g/mol. The van der Waals surface area contributed by atoms with Crippen LogP contribution in [0.25, 0.3) is 0 Å². The summed E-state index contributed by atoms with van der Waals surface area (Å²) in [4.78, 5) is 36.0. The smallest absolute Gasteiger partial charge is 0.226 e. The van der Waals surface area contributed by atoms with E-state index in [2.05, 4.69) is 58.5 Å². The Labute approximate surface area is 291 Å². The van der Waals surface area contributed by atoms with E-state index in [0.29, 0.717) is 38.0 Å². The van der Waals surface area contributed by atoms with Gasteiger partial charge in [-0.1, -0.05) is 64.1 Å². The summed E-state index contributed by atoms with van der Waals surface area (Å²) in [5, 5.41) is 15.8. The van der Waals surface area contributed by atoms with Gasteiger partial charge < -0.3 is 20.1 Å². The van der Waals surface area contributed by atoms with E-state index in [0.717, 1.165) is 70.8 Å². The Bertz CT molecular complexity index is 1910. The van der Waals surface area contributed by atoms with Gasteiger partial charge in [0, 0.05) is 46.5 Å². The third-order valence-corrected chi connectivity index (χ3v) is 10.0. The van der Waals surface area contributed by atoms with E-state index in [1.165, 1.54) is 12.7 Å². The fourth-order valence-electron chi connectivity index (χ4n) is 7.92. The first-order chi connectivity index (χ1) is 24.1. The number of benzene rings is 2. The SMILES string of the molecule is CC1(C)CC(=O)C2=C(C1)Nc1ncnn1C2c1ccccc1OCCCCOc1ccccc1C1C2=C(CC(C)(C)CC2=O)Nc2ncnn21. The second-order valence-corrected chi connectivity index (χ2v) is 15.3. The van der Waals surface area contributed by atoms with E-state index in [4.69, 9.17) is 9.47 Å². The van der Waals surface area contributed by atoms with Crippen LogP contribution in [0.5, 0.6) is 11.5 Å². The lowest BCUT2D eigenvalue weighted by molar-refractivity contribution is -0.119. The van der Waals surface area contributed by atoms with Crippen molar-refractivity contribution < 1.29 is 19.1 Å². The molecule has 12 heteroatoms. The molecule has 8 rings (SSSR count). The molecule has 0 radical (unpaired) electrons. The number of hydrogen-bond acceptors (Lipinski definition) is 10. The fraction of sp³-hybridized carbons (Fsp3) is 0.421. The van der Waals surface area contributed by atoms with Crippen molar-refractivity contribution in [2.24, 2.45) is 10.8 Å². The Balaban J connectivity index is 0.957. The van der Waals surface area contributed by atoms with E-state index in [-0.39, 0.29) is 22.4 Å². The summed E-state index contributed by atoms with van der Waals surface area (Å²) >= 11 is 0. The lowest BCUT2D eigenvalue weighted by Gasteiger charge is -2.38. The normalized spacial score (nSPS) is 21.8. The quantitative estimate of drug-likeness (QED) is 0.191. The molecular formula is C38H42N8O4. The van der Waals surface area contributed by atoms with Crippen LogP contribution in [0.3, 0.4) is 0 Å². The zero-order chi connectivity index (χ0) is 34.6. The van der Waals surface area contributed by atoms with Crippen LogP contribution in [0.4, 0.5) is 11.9 Å². The van der Waals surface area contributed by atoms with Gasteiger partial charge in [0.25, 0.3) is 0 Å². The number of nitrogens with zero attached hydrogens (tertiary/aromatic N) is 6. The molecule has 2 N–H and O–H groups in total. The molecule has 2 atom stereocenters. The zero-order valence-electron chi connectivity index (χ0n) is 28.9. The van der Waals surface area contributed by atoms with Crippen LogP contribution in [0.1, 0.15) is 89.4 Å². The number of anilines is 2. The molecule has 12 nitrogen and oxygen atoms in total. The van der Waals surface area contributed by atoms with Gasteiger partial charge in [-0.25, -0.2) is 9.36 Å². The third-order valence-electron chi connectivity index (χ3n) is 10.0. The molecule has 50 heavy (non-hydrogen) atoms. The number of aromatic nitrogens is 6. The van der Waals surface area contributed by atoms with E-state index in [1.807, 2.05) is 48.5 Å². The fourth-order valence-corrected chi connectivity index (χ4v) is 7.92. The highest BCUT2D eigenvalue weighted by atomic mass is 16.5. The van der Waals surface area contributed by atoms with Crippen molar-refractivity contribution in [2.45, 2.75) is 78.3 Å². The van der Waals surface area contributed by atoms with Gasteiger partial charge in [-0.2, -0.15) is 20.2 Å². The number of carbonyl (C=O) groups excluding carboxylic acids is 2. The Morgan fingerprint density at radius 1 is 0.660 bits per heavy atom. The summed E-state index contributed by atoms with van der Waals surface area (Å²) < 4.78 is 16.3. The summed E-state index contributed by atoms with van der Waals surface area (Å²) in [5.74, 6) is 2.93. The van der Waals surface area contributed by atoms with Gasteiger partial charge >= 0.3 is 0 Å². The predicted octanol–water partition coefficient (Wildman–Crippen LogP) is 6.42. The van der Waals surface area contributed by atoms with Crippen molar-refractivity contribution >= 4 is 23.5 Å². The zero-order valence-corrected chi connectivity index (χ0v) is 28.9. The highest BCUT2D eigenvalue weighted by Gasteiger charge is 2.43. The number of rotatable bonds is 9. The summed E-state index contributed by atoms with van der Waals surface area (Å²) in [5.41, 5.74) is 4.80.